The van der Waals surface area contributed by atoms with Crippen LogP contribution in [0.25, 0.3) is 0 Å². The largest absolute Gasteiger partial charge is 0.444 e. The minimum absolute atomic E-state index is 0.239. The van der Waals surface area contributed by atoms with Gasteiger partial charge in [-0.15, -0.1) is 0 Å². The standard InChI is InChI=1S/C13H15NO3/c1-2-3-8-14-12(15)11-9-6-4-5-7-10(9)13(16)17-11/h4-7,11H,2-3,8H2,1H3,(H,14,15). The number of fused-ring (bicyclic) bond motifs is 1. The molecule has 0 saturated heterocycles. The van der Waals surface area contributed by atoms with E-state index in [4.69, 9.17) is 4.74 Å². The van der Waals surface area contributed by atoms with Gasteiger partial charge in [0.2, 0.25) is 6.10 Å². The van der Waals surface area contributed by atoms with Gasteiger partial charge in [0, 0.05) is 12.1 Å². The van der Waals surface area contributed by atoms with E-state index in [2.05, 4.69) is 12.2 Å². The van der Waals surface area contributed by atoms with Crippen LogP contribution in [0.4, 0.5) is 0 Å². The molecule has 4 nitrogen and oxygen atoms in total. The van der Waals surface area contributed by atoms with Gasteiger partial charge in [0.25, 0.3) is 5.91 Å². The van der Waals surface area contributed by atoms with Crippen molar-refractivity contribution >= 4 is 11.9 Å². The van der Waals surface area contributed by atoms with E-state index in [0.717, 1.165) is 12.8 Å². The number of carbonyl (C=O) groups is 2. The number of amides is 1. The van der Waals surface area contributed by atoms with Crippen LogP contribution in [0, 0.1) is 0 Å². The van der Waals surface area contributed by atoms with E-state index < -0.39 is 12.1 Å². The van der Waals surface area contributed by atoms with Crippen molar-refractivity contribution in [2.75, 3.05) is 6.54 Å². The van der Waals surface area contributed by atoms with Crippen molar-refractivity contribution in [3.8, 4) is 0 Å². The number of ether oxygens (including phenoxy) is 1. The molecule has 1 unspecified atom stereocenters. The van der Waals surface area contributed by atoms with Crippen molar-refractivity contribution in [1.82, 2.24) is 5.32 Å². The first-order chi connectivity index (χ1) is 8.24. The van der Waals surface area contributed by atoms with Gasteiger partial charge in [-0.3, -0.25) is 4.79 Å². The van der Waals surface area contributed by atoms with Gasteiger partial charge >= 0.3 is 5.97 Å². The lowest BCUT2D eigenvalue weighted by Crippen LogP contribution is -2.30. The van der Waals surface area contributed by atoms with Gasteiger partial charge in [0.15, 0.2) is 0 Å². The number of cyclic esters (lactones) is 1. The SMILES string of the molecule is CCCCNC(=O)C1OC(=O)c2ccccc21. The average molecular weight is 233 g/mol. The summed E-state index contributed by atoms with van der Waals surface area (Å²) in [7, 11) is 0. The lowest BCUT2D eigenvalue weighted by Gasteiger charge is -2.10. The molecular formula is C13H15NO3. The number of esters is 1. The first-order valence-electron chi connectivity index (χ1n) is 5.81. The lowest BCUT2D eigenvalue weighted by molar-refractivity contribution is -0.129. The van der Waals surface area contributed by atoms with Gasteiger partial charge in [-0.1, -0.05) is 31.5 Å². The number of benzene rings is 1. The molecule has 0 radical (unpaired) electrons. The first kappa shape index (κ1) is 11.6. The van der Waals surface area contributed by atoms with Gasteiger partial charge in [-0.25, -0.2) is 4.79 Å². The van der Waals surface area contributed by atoms with Crippen molar-refractivity contribution in [3.63, 3.8) is 0 Å². The van der Waals surface area contributed by atoms with Crippen molar-refractivity contribution in [3.05, 3.63) is 35.4 Å². The van der Waals surface area contributed by atoms with Crippen molar-refractivity contribution in [2.45, 2.75) is 25.9 Å². The van der Waals surface area contributed by atoms with Crippen LogP contribution in [0.5, 0.6) is 0 Å². The molecule has 90 valence electrons. The minimum atomic E-state index is -0.782. The average Bonchev–Trinajstić information content (AvgIpc) is 2.68. The molecule has 1 amide bonds. The minimum Gasteiger partial charge on any atom is -0.444 e. The quantitative estimate of drug-likeness (QED) is 0.637. The Hall–Kier alpha value is -1.84. The van der Waals surface area contributed by atoms with Gasteiger partial charge in [-0.2, -0.15) is 0 Å². The molecule has 0 fully saturated rings. The number of rotatable bonds is 4. The zero-order valence-electron chi connectivity index (χ0n) is 9.73. The van der Waals surface area contributed by atoms with Crippen LogP contribution in [0.3, 0.4) is 0 Å². The summed E-state index contributed by atoms with van der Waals surface area (Å²) in [4.78, 5) is 23.3. The highest BCUT2D eigenvalue weighted by Gasteiger charge is 2.35. The molecule has 0 saturated carbocycles. The number of unbranched alkanes of at least 4 members (excludes halogenated alkanes) is 1. The van der Waals surface area contributed by atoms with E-state index in [9.17, 15) is 9.59 Å². The monoisotopic (exact) mass is 233 g/mol. The second-order valence-electron chi connectivity index (χ2n) is 4.02. The fraction of sp³-hybridized carbons (Fsp3) is 0.385. The van der Waals surface area contributed by atoms with E-state index in [1.807, 2.05) is 0 Å². The van der Waals surface area contributed by atoms with Crippen LogP contribution in [0.2, 0.25) is 0 Å². The van der Waals surface area contributed by atoms with Gasteiger partial charge in [0.1, 0.15) is 0 Å². The van der Waals surface area contributed by atoms with Crippen LogP contribution in [-0.2, 0) is 9.53 Å². The Morgan fingerprint density at radius 1 is 1.41 bits per heavy atom. The fourth-order valence-corrected chi connectivity index (χ4v) is 1.82. The summed E-state index contributed by atoms with van der Waals surface area (Å²) in [6.45, 7) is 2.67. The second kappa shape index (κ2) is 4.99. The molecule has 1 N–H and O–H groups in total. The Morgan fingerprint density at radius 2 is 2.18 bits per heavy atom. The summed E-state index contributed by atoms with van der Waals surface area (Å²) in [5.74, 6) is -0.659. The third-order valence-electron chi connectivity index (χ3n) is 2.76. The molecular weight excluding hydrogens is 218 g/mol. The molecule has 1 aromatic rings. The van der Waals surface area contributed by atoms with Crippen LogP contribution >= 0.6 is 0 Å². The normalized spacial score (nSPS) is 17.5. The first-order valence-corrected chi connectivity index (χ1v) is 5.81. The highest BCUT2D eigenvalue weighted by atomic mass is 16.6. The maximum atomic E-state index is 11.8. The zero-order valence-corrected chi connectivity index (χ0v) is 9.73. The van der Waals surface area contributed by atoms with E-state index in [0.29, 0.717) is 17.7 Å². The molecule has 1 heterocycles. The summed E-state index contributed by atoms with van der Waals surface area (Å²) >= 11 is 0. The van der Waals surface area contributed by atoms with Crippen LogP contribution in [-0.4, -0.2) is 18.4 Å². The van der Waals surface area contributed by atoms with Crippen molar-refractivity contribution in [1.29, 1.82) is 0 Å². The Bertz CT molecular complexity index is 442. The van der Waals surface area contributed by atoms with Gasteiger partial charge < -0.3 is 10.1 Å². The number of carbonyl (C=O) groups excluding carboxylic acids is 2. The molecule has 4 heteroatoms. The molecule has 17 heavy (non-hydrogen) atoms. The Labute approximate surface area is 100.0 Å². The third kappa shape index (κ3) is 2.30. The van der Waals surface area contributed by atoms with E-state index in [1.54, 1.807) is 24.3 Å². The summed E-state index contributed by atoms with van der Waals surface area (Å²) in [6, 6.07) is 6.99. The predicted molar refractivity (Wildman–Crippen MR) is 62.5 cm³/mol. The lowest BCUT2D eigenvalue weighted by atomic mass is 10.0. The molecule has 1 aliphatic rings. The Kier molecular flexibility index (Phi) is 3.42. The van der Waals surface area contributed by atoms with Crippen molar-refractivity contribution in [2.24, 2.45) is 0 Å². The number of hydrogen-bond donors (Lipinski definition) is 1. The van der Waals surface area contributed by atoms with E-state index in [-0.39, 0.29) is 5.91 Å². The summed E-state index contributed by atoms with van der Waals surface area (Å²) in [6.07, 6.45) is 1.16. The second-order valence-corrected chi connectivity index (χ2v) is 4.02. The Morgan fingerprint density at radius 3 is 2.94 bits per heavy atom. The van der Waals surface area contributed by atoms with E-state index in [1.165, 1.54) is 0 Å². The molecule has 0 spiro atoms. The molecule has 1 aliphatic heterocycles. The molecule has 2 rings (SSSR count). The molecule has 1 atom stereocenters. The molecule has 0 aliphatic carbocycles. The van der Waals surface area contributed by atoms with Crippen LogP contribution < -0.4 is 5.32 Å². The van der Waals surface area contributed by atoms with Crippen LogP contribution in [0.1, 0.15) is 41.8 Å². The van der Waals surface area contributed by atoms with Gasteiger partial charge in [0.05, 0.1) is 5.56 Å². The summed E-state index contributed by atoms with van der Waals surface area (Å²) in [5.41, 5.74) is 1.15. The summed E-state index contributed by atoms with van der Waals surface area (Å²) < 4.78 is 5.07. The zero-order chi connectivity index (χ0) is 12.3. The maximum absolute atomic E-state index is 11.8. The maximum Gasteiger partial charge on any atom is 0.339 e. The van der Waals surface area contributed by atoms with Crippen LogP contribution in [0.15, 0.2) is 24.3 Å². The number of nitrogens with one attached hydrogen (secondary N) is 1. The molecule has 0 bridgehead atoms. The van der Waals surface area contributed by atoms with E-state index >= 15 is 0 Å². The number of hydrogen-bond acceptors (Lipinski definition) is 3. The predicted octanol–water partition coefficient (Wildman–Crippen LogP) is 1.81. The summed E-state index contributed by atoms with van der Waals surface area (Å²) in [5, 5.41) is 2.77. The highest BCUT2D eigenvalue weighted by molar-refractivity contribution is 5.99. The molecule has 0 aromatic heterocycles. The third-order valence-corrected chi connectivity index (χ3v) is 2.76. The fourth-order valence-electron chi connectivity index (χ4n) is 1.82. The Balaban J connectivity index is 2.09. The van der Waals surface area contributed by atoms with Gasteiger partial charge in [-0.05, 0) is 12.5 Å². The smallest absolute Gasteiger partial charge is 0.339 e. The molecule has 1 aromatic carbocycles. The van der Waals surface area contributed by atoms with Crippen molar-refractivity contribution < 1.29 is 14.3 Å². The topological polar surface area (TPSA) is 55.4 Å². The highest BCUT2D eigenvalue weighted by Crippen LogP contribution is 2.30.